The minimum atomic E-state index is -3.77. The average Bonchev–Trinajstić information content (AvgIpc) is 2.94. The van der Waals surface area contributed by atoms with E-state index in [0.29, 0.717) is 22.7 Å². The number of benzene rings is 1. The molecule has 0 saturated heterocycles. The van der Waals surface area contributed by atoms with Crippen LogP contribution in [0.2, 0.25) is 0 Å². The molecule has 0 amide bonds. The van der Waals surface area contributed by atoms with Gasteiger partial charge in [0.25, 0.3) is 10.0 Å². The van der Waals surface area contributed by atoms with Gasteiger partial charge in [-0.05, 0) is 25.1 Å². The first kappa shape index (κ1) is 12.9. The highest BCUT2D eigenvalue weighted by molar-refractivity contribution is 7.94. The van der Waals surface area contributed by atoms with E-state index in [1.165, 1.54) is 0 Å². The summed E-state index contributed by atoms with van der Waals surface area (Å²) in [4.78, 5) is 13.3. The number of H-pyrrole nitrogens is 2. The van der Waals surface area contributed by atoms with Gasteiger partial charge in [-0.25, -0.2) is 8.42 Å². The molecule has 0 unspecified atom stereocenters. The molecule has 104 valence electrons. The first-order chi connectivity index (χ1) is 9.45. The number of nitrogens with one attached hydrogen (secondary N) is 3. The number of fused-ring (bicyclic) bond motifs is 1. The third kappa shape index (κ3) is 2.21. The Morgan fingerprint density at radius 3 is 2.85 bits per heavy atom. The number of sulfonamides is 1. The Hall–Kier alpha value is -2.13. The first-order valence-corrected chi connectivity index (χ1v) is 7.91. The molecule has 0 bridgehead atoms. The van der Waals surface area contributed by atoms with E-state index < -0.39 is 14.9 Å². The van der Waals surface area contributed by atoms with E-state index in [9.17, 15) is 13.2 Å². The maximum atomic E-state index is 12.2. The summed E-state index contributed by atoms with van der Waals surface area (Å²) in [5, 5.41) is 7.45. The monoisotopic (exact) mass is 310 g/mol. The molecule has 20 heavy (non-hydrogen) atoms. The van der Waals surface area contributed by atoms with Gasteiger partial charge in [-0.3, -0.25) is 14.6 Å². The number of aromatic nitrogens is 3. The fourth-order valence-corrected chi connectivity index (χ4v) is 4.21. The molecule has 9 heteroatoms. The lowest BCUT2D eigenvalue weighted by atomic mass is 10.2. The summed E-state index contributed by atoms with van der Waals surface area (Å²) in [6.07, 6.45) is 1.60. The normalized spacial score (nSPS) is 11.8. The number of aryl methyl sites for hydroxylation is 1. The number of nitrogens with zero attached hydrogens (tertiary/aromatic N) is 1. The molecule has 0 fully saturated rings. The number of thiazole rings is 1. The Balaban J connectivity index is 2.00. The Kier molecular flexibility index (Phi) is 2.87. The van der Waals surface area contributed by atoms with Crippen LogP contribution >= 0.6 is 11.3 Å². The maximum absolute atomic E-state index is 12.2. The average molecular weight is 310 g/mol. The summed E-state index contributed by atoms with van der Waals surface area (Å²) in [6, 6.07) is 5.02. The Labute approximate surface area is 117 Å². The molecule has 0 spiro atoms. The molecule has 2 heterocycles. The zero-order chi connectivity index (χ0) is 14.3. The van der Waals surface area contributed by atoms with Crippen molar-refractivity contribution in [2.45, 2.75) is 11.1 Å². The molecular weight excluding hydrogens is 300 g/mol. The highest BCUT2D eigenvalue weighted by Crippen LogP contribution is 2.22. The van der Waals surface area contributed by atoms with Gasteiger partial charge in [-0.2, -0.15) is 5.10 Å². The second-order valence-corrected chi connectivity index (χ2v) is 7.07. The number of hydrogen-bond acceptors (Lipinski definition) is 5. The summed E-state index contributed by atoms with van der Waals surface area (Å²) in [5.41, 5.74) is 1.56. The number of aromatic amines is 2. The Morgan fingerprint density at radius 1 is 1.35 bits per heavy atom. The van der Waals surface area contributed by atoms with Crippen molar-refractivity contribution in [2.75, 3.05) is 4.72 Å². The summed E-state index contributed by atoms with van der Waals surface area (Å²) < 4.78 is 26.9. The molecule has 1 aromatic carbocycles. The van der Waals surface area contributed by atoms with E-state index in [1.54, 1.807) is 31.3 Å². The highest BCUT2D eigenvalue weighted by Gasteiger charge is 2.20. The number of anilines is 1. The standard InChI is InChI=1S/C11H10N4O3S2/c1-6-10(19-11(16)13-6)20(17,18)15-8-2-3-9-7(4-8)5-12-14-9/h2-5,15H,1H3,(H,12,14)(H,13,16). The van der Waals surface area contributed by atoms with Crippen molar-refractivity contribution in [2.24, 2.45) is 0 Å². The van der Waals surface area contributed by atoms with Gasteiger partial charge in [0.2, 0.25) is 0 Å². The van der Waals surface area contributed by atoms with Gasteiger partial charge in [0.1, 0.15) is 0 Å². The summed E-state index contributed by atoms with van der Waals surface area (Å²) in [6.45, 7) is 1.55. The highest BCUT2D eigenvalue weighted by atomic mass is 32.2. The van der Waals surface area contributed by atoms with Crippen molar-refractivity contribution < 1.29 is 8.42 Å². The SMILES string of the molecule is Cc1[nH]c(=O)sc1S(=O)(=O)Nc1ccc2[nH]ncc2c1. The van der Waals surface area contributed by atoms with Crippen LogP contribution in [-0.2, 0) is 10.0 Å². The van der Waals surface area contributed by atoms with Crippen molar-refractivity contribution >= 4 is 38.0 Å². The molecule has 7 nitrogen and oxygen atoms in total. The third-order valence-corrected chi connectivity index (χ3v) is 5.70. The largest absolute Gasteiger partial charge is 0.315 e. The van der Waals surface area contributed by atoms with Crippen molar-refractivity contribution in [3.8, 4) is 0 Å². The second kappa shape index (κ2) is 4.46. The van der Waals surface area contributed by atoms with Gasteiger partial charge in [0.15, 0.2) is 4.21 Å². The fourth-order valence-electron chi connectivity index (χ4n) is 1.85. The molecule has 0 aliphatic carbocycles. The van der Waals surface area contributed by atoms with Crippen LogP contribution in [-0.4, -0.2) is 23.6 Å². The Bertz CT molecular complexity index is 936. The molecule has 0 radical (unpaired) electrons. The van der Waals surface area contributed by atoms with E-state index >= 15 is 0 Å². The molecule has 3 N–H and O–H groups in total. The Morgan fingerprint density at radius 2 is 2.15 bits per heavy atom. The fraction of sp³-hybridized carbons (Fsp3) is 0.0909. The zero-order valence-corrected chi connectivity index (χ0v) is 11.9. The van der Waals surface area contributed by atoms with Crippen LogP contribution in [0, 0.1) is 6.92 Å². The van der Waals surface area contributed by atoms with Crippen molar-refractivity contribution in [3.05, 3.63) is 39.8 Å². The topological polar surface area (TPSA) is 108 Å². The lowest BCUT2D eigenvalue weighted by Gasteiger charge is -2.06. The van der Waals surface area contributed by atoms with Gasteiger partial charge in [-0.1, -0.05) is 11.3 Å². The minimum absolute atomic E-state index is 0.00482. The lowest BCUT2D eigenvalue weighted by Crippen LogP contribution is -2.12. The molecule has 0 aliphatic rings. The van der Waals surface area contributed by atoms with Crippen LogP contribution in [0.5, 0.6) is 0 Å². The van der Waals surface area contributed by atoms with E-state index in [0.717, 1.165) is 10.9 Å². The van der Waals surface area contributed by atoms with Gasteiger partial charge >= 0.3 is 4.87 Å². The van der Waals surface area contributed by atoms with Crippen molar-refractivity contribution in [1.82, 2.24) is 15.2 Å². The number of rotatable bonds is 3. The van der Waals surface area contributed by atoms with Gasteiger partial charge in [-0.15, -0.1) is 0 Å². The zero-order valence-electron chi connectivity index (χ0n) is 10.3. The predicted octanol–water partition coefficient (Wildman–Crippen LogP) is 1.42. The summed E-state index contributed by atoms with van der Waals surface area (Å²) in [5.74, 6) is 0. The van der Waals surface area contributed by atoms with Crippen LogP contribution in [0.3, 0.4) is 0 Å². The van der Waals surface area contributed by atoms with Crippen LogP contribution < -0.4 is 9.60 Å². The van der Waals surface area contributed by atoms with Gasteiger partial charge in [0, 0.05) is 16.8 Å². The molecule has 0 aliphatic heterocycles. The molecule has 0 saturated carbocycles. The first-order valence-electron chi connectivity index (χ1n) is 5.61. The van der Waals surface area contributed by atoms with Crippen LogP contribution in [0.4, 0.5) is 5.69 Å². The van der Waals surface area contributed by atoms with E-state index in [2.05, 4.69) is 19.9 Å². The van der Waals surface area contributed by atoms with Crippen LogP contribution in [0.25, 0.3) is 10.9 Å². The lowest BCUT2D eigenvalue weighted by molar-refractivity contribution is 0.602. The van der Waals surface area contributed by atoms with Gasteiger partial charge < -0.3 is 4.98 Å². The molecule has 3 aromatic rings. The number of hydrogen-bond donors (Lipinski definition) is 3. The quantitative estimate of drug-likeness (QED) is 0.680. The second-order valence-electron chi connectivity index (χ2n) is 4.20. The van der Waals surface area contributed by atoms with E-state index in [4.69, 9.17) is 0 Å². The maximum Gasteiger partial charge on any atom is 0.306 e. The van der Waals surface area contributed by atoms with Gasteiger partial charge in [0.05, 0.1) is 11.7 Å². The molecule has 2 aromatic heterocycles. The smallest absolute Gasteiger partial charge is 0.306 e. The van der Waals surface area contributed by atoms with Crippen molar-refractivity contribution in [3.63, 3.8) is 0 Å². The van der Waals surface area contributed by atoms with E-state index in [-0.39, 0.29) is 4.21 Å². The predicted molar refractivity (Wildman–Crippen MR) is 76.6 cm³/mol. The van der Waals surface area contributed by atoms with E-state index in [1.807, 2.05) is 0 Å². The molecule has 0 atom stereocenters. The van der Waals surface area contributed by atoms with Crippen LogP contribution in [0.1, 0.15) is 5.69 Å². The van der Waals surface area contributed by atoms with Crippen molar-refractivity contribution in [1.29, 1.82) is 0 Å². The molecule has 3 rings (SSSR count). The third-order valence-electron chi connectivity index (χ3n) is 2.72. The minimum Gasteiger partial charge on any atom is -0.315 e. The van der Waals surface area contributed by atoms with Crippen LogP contribution in [0.15, 0.2) is 33.4 Å². The molecular formula is C11H10N4O3S2. The summed E-state index contributed by atoms with van der Waals surface area (Å²) in [7, 11) is -3.77. The summed E-state index contributed by atoms with van der Waals surface area (Å²) >= 11 is 0.666.